The fourth-order valence-corrected chi connectivity index (χ4v) is 2.28. The molecular weight excluding hydrogens is 238 g/mol. The summed E-state index contributed by atoms with van der Waals surface area (Å²) in [7, 11) is 0. The first-order valence-electron chi connectivity index (χ1n) is 6.99. The van der Waals surface area contributed by atoms with Gasteiger partial charge in [0.1, 0.15) is 0 Å². The van der Waals surface area contributed by atoms with Crippen molar-refractivity contribution in [2.75, 3.05) is 24.5 Å². The molecule has 104 valence electrons. The number of rotatable bonds is 4. The molecule has 1 atom stereocenters. The van der Waals surface area contributed by atoms with E-state index in [1.165, 1.54) is 5.69 Å². The molecule has 4 nitrogen and oxygen atoms in total. The molecule has 2 rings (SSSR count). The number of benzene rings is 1. The zero-order valence-corrected chi connectivity index (χ0v) is 11.7. The fraction of sp³-hybridized carbons (Fsp3) is 0.533. The van der Waals surface area contributed by atoms with Crippen molar-refractivity contribution in [2.24, 2.45) is 5.92 Å². The van der Waals surface area contributed by atoms with Gasteiger partial charge in [0.15, 0.2) is 0 Å². The molecule has 4 heteroatoms. The first-order valence-corrected chi connectivity index (χ1v) is 6.99. The normalized spacial score (nSPS) is 18.7. The van der Waals surface area contributed by atoms with Crippen molar-refractivity contribution < 1.29 is 4.79 Å². The van der Waals surface area contributed by atoms with Crippen LogP contribution in [-0.4, -0.2) is 31.7 Å². The number of amides is 2. The van der Waals surface area contributed by atoms with Crippen molar-refractivity contribution in [3.63, 3.8) is 0 Å². The highest BCUT2D eigenvalue weighted by Gasteiger charge is 2.23. The second-order valence-corrected chi connectivity index (χ2v) is 5.52. The number of anilines is 1. The summed E-state index contributed by atoms with van der Waals surface area (Å²) < 4.78 is 0. The van der Waals surface area contributed by atoms with Crippen LogP contribution >= 0.6 is 0 Å². The number of hydrogen-bond acceptors (Lipinski definition) is 2. The standard InChI is InChI=1S/C15H23N3O/c1-12(2)10-16-15(19)17-13-8-9-18(11-13)14-6-4-3-5-7-14/h3-7,12-13H,8-11H2,1-2H3,(H2,16,17,19). The van der Waals surface area contributed by atoms with Crippen LogP contribution in [0.3, 0.4) is 0 Å². The van der Waals surface area contributed by atoms with Crippen LogP contribution in [0, 0.1) is 5.92 Å². The Kier molecular flexibility index (Phi) is 4.66. The molecule has 1 unspecified atom stereocenters. The molecule has 1 saturated heterocycles. The van der Waals surface area contributed by atoms with Crippen molar-refractivity contribution in [3.05, 3.63) is 30.3 Å². The van der Waals surface area contributed by atoms with E-state index in [-0.39, 0.29) is 12.1 Å². The third-order valence-electron chi connectivity index (χ3n) is 3.32. The lowest BCUT2D eigenvalue weighted by Gasteiger charge is -2.19. The molecule has 1 aromatic rings. The molecule has 1 aliphatic rings. The van der Waals surface area contributed by atoms with Crippen molar-refractivity contribution in [1.82, 2.24) is 10.6 Å². The SMILES string of the molecule is CC(C)CNC(=O)NC1CCN(c2ccccc2)C1. The van der Waals surface area contributed by atoms with Crippen LogP contribution in [0.2, 0.25) is 0 Å². The third kappa shape index (κ3) is 4.16. The number of para-hydroxylation sites is 1. The summed E-state index contributed by atoms with van der Waals surface area (Å²) in [6.07, 6.45) is 1.00. The smallest absolute Gasteiger partial charge is 0.315 e. The van der Waals surface area contributed by atoms with Gasteiger partial charge in [-0.25, -0.2) is 4.79 Å². The summed E-state index contributed by atoms with van der Waals surface area (Å²) in [4.78, 5) is 14.0. The van der Waals surface area contributed by atoms with Crippen molar-refractivity contribution in [2.45, 2.75) is 26.3 Å². The second-order valence-electron chi connectivity index (χ2n) is 5.52. The molecule has 0 bridgehead atoms. The van der Waals surface area contributed by atoms with Crippen LogP contribution in [0.5, 0.6) is 0 Å². The van der Waals surface area contributed by atoms with Gasteiger partial charge in [-0.05, 0) is 24.5 Å². The lowest BCUT2D eigenvalue weighted by molar-refractivity contribution is 0.236. The van der Waals surface area contributed by atoms with E-state index in [0.29, 0.717) is 5.92 Å². The van der Waals surface area contributed by atoms with E-state index in [4.69, 9.17) is 0 Å². The Bertz CT molecular complexity index is 405. The Balaban J connectivity index is 1.78. The van der Waals surface area contributed by atoms with E-state index in [1.54, 1.807) is 0 Å². The number of nitrogens with zero attached hydrogens (tertiary/aromatic N) is 1. The number of hydrogen-bond donors (Lipinski definition) is 2. The molecule has 2 N–H and O–H groups in total. The highest BCUT2D eigenvalue weighted by molar-refractivity contribution is 5.74. The molecule has 0 aromatic heterocycles. The van der Waals surface area contributed by atoms with Gasteiger partial charge in [0, 0.05) is 31.4 Å². The second kappa shape index (κ2) is 6.45. The van der Waals surface area contributed by atoms with Gasteiger partial charge in [-0.1, -0.05) is 32.0 Å². The van der Waals surface area contributed by atoms with Gasteiger partial charge in [0.05, 0.1) is 0 Å². The highest BCUT2D eigenvalue weighted by Crippen LogP contribution is 2.19. The Labute approximate surface area is 115 Å². The summed E-state index contributed by atoms with van der Waals surface area (Å²) in [6, 6.07) is 10.5. The summed E-state index contributed by atoms with van der Waals surface area (Å²) in [5.41, 5.74) is 1.23. The van der Waals surface area contributed by atoms with E-state index in [0.717, 1.165) is 26.1 Å². The fourth-order valence-electron chi connectivity index (χ4n) is 2.28. The van der Waals surface area contributed by atoms with Crippen LogP contribution in [-0.2, 0) is 0 Å². The predicted molar refractivity (Wildman–Crippen MR) is 78.4 cm³/mol. The highest BCUT2D eigenvalue weighted by atomic mass is 16.2. The molecule has 0 radical (unpaired) electrons. The van der Waals surface area contributed by atoms with Crippen LogP contribution in [0.4, 0.5) is 10.5 Å². The number of nitrogens with one attached hydrogen (secondary N) is 2. The minimum atomic E-state index is -0.0476. The molecular formula is C15H23N3O. The van der Waals surface area contributed by atoms with Gasteiger partial charge >= 0.3 is 6.03 Å². The molecule has 1 heterocycles. The summed E-state index contributed by atoms with van der Waals surface area (Å²) >= 11 is 0. The molecule has 1 aliphatic heterocycles. The average Bonchev–Trinajstić information content (AvgIpc) is 2.86. The van der Waals surface area contributed by atoms with Crippen LogP contribution in [0.15, 0.2) is 30.3 Å². The number of carbonyl (C=O) groups excluding carboxylic acids is 1. The summed E-state index contributed by atoms with van der Waals surface area (Å²) in [5, 5.41) is 5.94. The van der Waals surface area contributed by atoms with E-state index in [9.17, 15) is 4.79 Å². The van der Waals surface area contributed by atoms with Crippen LogP contribution in [0.1, 0.15) is 20.3 Å². The Morgan fingerprint density at radius 1 is 1.37 bits per heavy atom. The summed E-state index contributed by atoms with van der Waals surface area (Å²) in [5.74, 6) is 0.482. The quantitative estimate of drug-likeness (QED) is 0.873. The van der Waals surface area contributed by atoms with Gasteiger partial charge in [0.2, 0.25) is 0 Å². The predicted octanol–water partition coefficient (Wildman–Crippen LogP) is 2.22. The number of urea groups is 1. The van der Waals surface area contributed by atoms with E-state index >= 15 is 0 Å². The topological polar surface area (TPSA) is 44.4 Å². The zero-order chi connectivity index (χ0) is 13.7. The maximum absolute atomic E-state index is 11.7. The Morgan fingerprint density at radius 2 is 2.11 bits per heavy atom. The molecule has 2 amide bonds. The maximum atomic E-state index is 11.7. The Hall–Kier alpha value is -1.71. The zero-order valence-electron chi connectivity index (χ0n) is 11.7. The molecule has 0 aliphatic carbocycles. The van der Waals surface area contributed by atoms with Crippen LogP contribution in [0.25, 0.3) is 0 Å². The molecule has 19 heavy (non-hydrogen) atoms. The molecule has 0 saturated carbocycles. The van der Waals surface area contributed by atoms with E-state index in [2.05, 4.69) is 41.5 Å². The third-order valence-corrected chi connectivity index (χ3v) is 3.32. The number of carbonyl (C=O) groups is 1. The molecule has 0 spiro atoms. The van der Waals surface area contributed by atoms with Gasteiger partial charge < -0.3 is 15.5 Å². The lowest BCUT2D eigenvalue weighted by Crippen LogP contribution is -2.44. The van der Waals surface area contributed by atoms with Crippen LogP contribution < -0.4 is 15.5 Å². The van der Waals surface area contributed by atoms with E-state index < -0.39 is 0 Å². The molecule has 1 aromatic carbocycles. The average molecular weight is 261 g/mol. The Morgan fingerprint density at radius 3 is 2.79 bits per heavy atom. The summed E-state index contributed by atoms with van der Waals surface area (Å²) in [6.45, 7) is 6.79. The molecule has 1 fully saturated rings. The lowest BCUT2D eigenvalue weighted by atomic mass is 10.2. The van der Waals surface area contributed by atoms with E-state index in [1.807, 2.05) is 18.2 Å². The van der Waals surface area contributed by atoms with Gasteiger partial charge in [-0.3, -0.25) is 0 Å². The minimum absolute atomic E-state index is 0.0476. The van der Waals surface area contributed by atoms with Crippen molar-refractivity contribution in [1.29, 1.82) is 0 Å². The maximum Gasteiger partial charge on any atom is 0.315 e. The van der Waals surface area contributed by atoms with Crippen molar-refractivity contribution >= 4 is 11.7 Å². The monoisotopic (exact) mass is 261 g/mol. The first kappa shape index (κ1) is 13.7. The van der Waals surface area contributed by atoms with Gasteiger partial charge in [0.25, 0.3) is 0 Å². The van der Waals surface area contributed by atoms with Gasteiger partial charge in [-0.15, -0.1) is 0 Å². The largest absolute Gasteiger partial charge is 0.369 e. The van der Waals surface area contributed by atoms with Gasteiger partial charge in [-0.2, -0.15) is 0 Å². The first-order chi connectivity index (χ1) is 9.15. The van der Waals surface area contributed by atoms with Crippen molar-refractivity contribution in [3.8, 4) is 0 Å². The minimum Gasteiger partial charge on any atom is -0.369 e.